The van der Waals surface area contributed by atoms with Crippen LogP contribution in [0.4, 0.5) is 0 Å². The lowest BCUT2D eigenvalue weighted by molar-refractivity contribution is 0.335. The van der Waals surface area contributed by atoms with Crippen molar-refractivity contribution >= 4 is 11.6 Å². The molecule has 0 aromatic heterocycles. The van der Waals surface area contributed by atoms with Crippen molar-refractivity contribution in [2.24, 2.45) is 0 Å². The van der Waals surface area contributed by atoms with Gasteiger partial charge in [0, 0.05) is 16.9 Å². The Morgan fingerprint density at radius 3 is 2.28 bits per heavy atom. The lowest BCUT2D eigenvalue weighted by Crippen LogP contribution is -2.47. The number of hydrogen-bond donors (Lipinski definition) is 2. The van der Waals surface area contributed by atoms with Crippen molar-refractivity contribution in [1.29, 1.82) is 0 Å². The van der Waals surface area contributed by atoms with Crippen LogP contribution in [-0.4, -0.2) is 16.5 Å². The molecule has 2 aromatic rings. The third-order valence-corrected chi connectivity index (χ3v) is 8.16. The van der Waals surface area contributed by atoms with Gasteiger partial charge in [0.25, 0.3) is 0 Å². The summed E-state index contributed by atoms with van der Waals surface area (Å²) in [5.74, 6) is 0. The molecule has 2 aliphatic carbocycles. The second-order valence-corrected chi connectivity index (χ2v) is 10.7. The van der Waals surface area contributed by atoms with E-state index in [1.54, 1.807) is 0 Å². The Kier molecular flexibility index (Phi) is 6.72. The summed E-state index contributed by atoms with van der Waals surface area (Å²) in [6.07, 6.45) is 8.18. The van der Waals surface area contributed by atoms with Crippen LogP contribution in [0.15, 0.2) is 73.1 Å². The van der Waals surface area contributed by atoms with Crippen LogP contribution in [0, 0.1) is 13.8 Å². The molecule has 4 rings (SSSR count). The first-order chi connectivity index (χ1) is 15.3. The van der Waals surface area contributed by atoms with Crippen molar-refractivity contribution in [2.45, 2.75) is 81.7 Å². The zero-order chi connectivity index (χ0) is 22.8. The van der Waals surface area contributed by atoms with Gasteiger partial charge >= 0.3 is 0 Å². The highest BCUT2D eigenvalue weighted by molar-refractivity contribution is 6.22. The maximum Gasteiger partial charge on any atom is 0.0589 e. The Bertz CT molecular complexity index is 982. The zero-order valence-corrected chi connectivity index (χ0v) is 20.4. The second-order valence-electron chi connectivity index (χ2n) is 10.1. The number of halogens is 1. The smallest absolute Gasteiger partial charge is 0.0589 e. The molecule has 0 heterocycles. The highest BCUT2D eigenvalue weighted by Gasteiger charge is 2.59. The summed E-state index contributed by atoms with van der Waals surface area (Å²) >= 11 is 6.94. The summed E-state index contributed by atoms with van der Waals surface area (Å²) in [4.78, 5) is 0. The molecule has 0 amide bonds. The van der Waals surface area contributed by atoms with E-state index in [9.17, 15) is 0 Å². The van der Waals surface area contributed by atoms with Crippen LogP contribution in [0.5, 0.6) is 0 Å². The van der Waals surface area contributed by atoms with Crippen molar-refractivity contribution in [3.05, 3.63) is 95.3 Å². The van der Waals surface area contributed by atoms with Crippen molar-refractivity contribution in [3.8, 4) is 0 Å². The number of hydrogen-bond acceptors (Lipinski definition) is 2. The van der Waals surface area contributed by atoms with E-state index < -0.39 is 0 Å². The summed E-state index contributed by atoms with van der Waals surface area (Å²) in [5, 5.41) is 7.71. The minimum atomic E-state index is -0.0471. The van der Waals surface area contributed by atoms with Crippen molar-refractivity contribution < 1.29 is 0 Å². The summed E-state index contributed by atoms with van der Waals surface area (Å²) in [6, 6.07) is 17.4. The van der Waals surface area contributed by atoms with Gasteiger partial charge in [0.2, 0.25) is 0 Å². The van der Waals surface area contributed by atoms with Gasteiger partial charge in [-0.25, -0.2) is 0 Å². The molecule has 0 aliphatic heterocycles. The fraction of sp³-hybridized carbons (Fsp3) is 0.448. The van der Waals surface area contributed by atoms with Gasteiger partial charge in [0.15, 0.2) is 0 Å². The van der Waals surface area contributed by atoms with Crippen LogP contribution in [0.25, 0.3) is 0 Å². The monoisotopic (exact) mass is 448 g/mol. The van der Waals surface area contributed by atoms with Crippen LogP contribution in [-0.2, 0) is 12.8 Å². The largest absolute Gasteiger partial charge is 0.383 e. The minimum Gasteiger partial charge on any atom is -0.383 e. The molecule has 3 atom stereocenters. The standard InChI is InChI=1S/C29H37ClN2/c1-21-10-13-26(18-22(21)2)15-12-24(4)32-29-17-16-28(20-29,19-27(29)30)31-23(3)11-14-25-8-6-5-7-9-25/h5-10,13,18,27,31-32H,3-4,11-12,14-17,19-20H2,1-2H3. The van der Waals surface area contributed by atoms with E-state index in [0.717, 1.165) is 62.8 Å². The molecule has 0 spiro atoms. The zero-order valence-electron chi connectivity index (χ0n) is 19.6. The molecule has 170 valence electrons. The first-order valence-corrected chi connectivity index (χ1v) is 12.4. The van der Waals surface area contributed by atoms with E-state index >= 15 is 0 Å². The highest BCUT2D eigenvalue weighted by Crippen LogP contribution is 2.53. The fourth-order valence-electron chi connectivity index (χ4n) is 5.61. The van der Waals surface area contributed by atoms with Crippen LogP contribution >= 0.6 is 11.6 Å². The van der Waals surface area contributed by atoms with E-state index in [-0.39, 0.29) is 16.5 Å². The number of fused-ring (bicyclic) bond motifs is 2. The quantitative estimate of drug-likeness (QED) is 0.393. The average molecular weight is 449 g/mol. The molecular weight excluding hydrogens is 412 g/mol. The number of aryl methyl sites for hydroxylation is 4. The van der Waals surface area contributed by atoms with E-state index in [0.29, 0.717) is 0 Å². The highest BCUT2D eigenvalue weighted by atomic mass is 35.5. The maximum atomic E-state index is 6.94. The van der Waals surface area contributed by atoms with Gasteiger partial charge < -0.3 is 10.6 Å². The van der Waals surface area contributed by atoms with Gasteiger partial charge in [-0.15, -0.1) is 11.6 Å². The summed E-state index contributed by atoms with van der Waals surface area (Å²) in [7, 11) is 0. The molecule has 2 aliphatic rings. The third-order valence-electron chi connectivity index (χ3n) is 7.59. The van der Waals surface area contributed by atoms with Crippen LogP contribution in [0.3, 0.4) is 0 Å². The summed E-state index contributed by atoms with van der Waals surface area (Å²) < 4.78 is 0. The number of alkyl halides is 1. The third kappa shape index (κ3) is 5.07. The van der Waals surface area contributed by atoms with Gasteiger partial charge in [-0.05, 0) is 87.5 Å². The van der Waals surface area contributed by atoms with Gasteiger partial charge in [0.1, 0.15) is 0 Å². The first-order valence-electron chi connectivity index (χ1n) is 12.0. The molecule has 3 heteroatoms. The van der Waals surface area contributed by atoms with Gasteiger partial charge in [-0.3, -0.25) is 0 Å². The second kappa shape index (κ2) is 9.35. The molecule has 0 saturated heterocycles. The lowest BCUT2D eigenvalue weighted by Gasteiger charge is -2.35. The van der Waals surface area contributed by atoms with Crippen molar-refractivity contribution in [1.82, 2.24) is 10.6 Å². The first kappa shape index (κ1) is 23.0. The Balaban J connectivity index is 1.30. The van der Waals surface area contributed by atoms with E-state index in [2.05, 4.69) is 86.2 Å². The molecular formula is C29H37ClN2. The molecule has 2 aromatic carbocycles. The molecule has 2 fully saturated rings. The Labute approximate surface area is 199 Å². The number of nitrogens with one attached hydrogen (secondary N) is 2. The lowest BCUT2D eigenvalue weighted by atomic mass is 9.90. The topological polar surface area (TPSA) is 24.1 Å². The molecule has 3 unspecified atom stereocenters. The fourth-order valence-corrected chi connectivity index (χ4v) is 6.15. The molecule has 2 nitrogen and oxygen atoms in total. The van der Waals surface area contributed by atoms with Gasteiger partial charge in [-0.2, -0.15) is 0 Å². The van der Waals surface area contributed by atoms with Crippen LogP contribution < -0.4 is 10.6 Å². The predicted molar refractivity (Wildman–Crippen MR) is 137 cm³/mol. The predicted octanol–water partition coefficient (Wildman–Crippen LogP) is 6.75. The molecule has 2 bridgehead atoms. The Hall–Kier alpha value is -2.19. The van der Waals surface area contributed by atoms with E-state index in [1.807, 2.05) is 0 Å². The SMILES string of the molecule is C=C(CCc1ccccc1)NC12CCC(NC(=C)CCc3ccc(C)c(C)c3)(C1)C(Cl)C2. The minimum absolute atomic E-state index is 0.0471. The van der Waals surface area contributed by atoms with Gasteiger partial charge in [0.05, 0.1) is 10.9 Å². The molecule has 0 radical (unpaired) electrons. The Morgan fingerprint density at radius 2 is 1.59 bits per heavy atom. The molecule has 32 heavy (non-hydrogen) atoms. The summed E-state index contributed by atoms with van der Waals surface area (Å²) in [5.41, 5.74) is 7.70. The maximum absolute atomic E-state index is 6.94. The van der Waals surface area contributed by atoms with Crippen molar-refractivity contribution in [3.63, 3.8) is 0 Å². The Morgan fingerprint density at radius 1 is 0.906 bits per heavy atom. The molecule has 2 N–H and O–H groups in total. The summed E-state index contributed by atoms with van der Waals surface area (Å²) in [6.45, 7) is 13.0. The van der Waals surface area contributed by atoms with E-state index in [4.69, 9.17) is 11.6 Å². The van der Waals surface area contributed by atoms with Crippen LogP contribution in [0.2, 0.25) is 0 Å². The number of allylic oxidation sites excluding steroid dienone is 2. The number of rotatable bonds is 10. The van der Waals surface area contributed by atoms with Gasteiger partial charge in [-0.1, -0.05) is 61.7 Å². The van der Waals surface area contributed by atoms with Crippen molar-refractivity contribution in [2.75, 3.05) is 0 Å². The van der Waals surface area contributed by atoms with Crippen LogP contribution in [0.1, 0.15) is 60.8 Å². The average Bonchev–Trinajstić information content (AvgIpc) is 3.25. The number of benzene rings is 2. The normalized spacial score (nSPS) is 26.2. The molecule has 2 saturated carbocycles. The van der Waals surface area contributed by atoms with E-state index in [1.165, 1.54) is 22.3 Å².